The van der Waals surface area contributed by atoms with Crippen molar-refractivity contribution >= 4 is 17.1 Å². The van der Waals surface area contributed by atoms with Gasteiger partial charge in [0, 0.05) is 44.9 Å². The number of hydrogen-bond acceptors (Lipinski definition) is 6. The molecule has 2 aromatic rings. The van der Waals surface area contributed by atoms with Crippen molar-refractivity contribution in [3.8, 4) is 0 Å². The standard InChI is InChI=1S/C16H24N6O2/c1-21-8-3-12(11-21)14-15-16(19-6-5-18-15)22(20-14)9-7-17-13(23)4-10-24-2/h5-6,12H,3-4,7-11H2,1-2H3,(H,17,23)/t12-/m1/s1. The van der Waals surface area contributed by atoms with Crippen molar-refractivity contribution in [2.75, 3.05) is 40.4 Å². The lowest BCUT2D eigenvalue weighted by Gasteiger charge is -2.07. The smallest absolute Gasteiger partial charge is 0.222 e. The third-order valence-corrected chi connectivity index (χ3v) is 4.35. The number of nitrogens with zero attached hydrogens (tertiary/aromatic N) is 5. The van der Waals surface area contributed by atoms with Crippen molar-refractivity contribution in [1.82, 2.24) is 30.0 Å². The maximum Gasteiger partial charge on any atom is 0.222 e. The number of ether oxygens (including phenoxy) is 1. The summed E-state index contributed by atoms with van der Waals surface area (Å²) in [5, 5.41) is 7.63. The van der Waals surface area contributed by atoms with Crippen molar-refractivity contribution in [1.29, 1.82) is 0 Å². The van der Waals surface area contributed by atoms with Gasteiger partial charge in [0.25, 0.3) is 0 Å². The molecule has 0 spiro atoms. The number of likely N-dealkylation sites (tertiary alicyclic amines) is 1. The average Bonchev–Trinajstić information content (AvgIpc) is 3.17. The Bertz CT molecular complexity index is 701. The number of fused-ring (bicyclic) bond motifs is 1. The zero-order valence-electron chi connectivity index (χ0n) is 14.2. The predicted molar refractivity (Wildman–Crippen MR) is 89.7 cm³/mol. The highest BCUT2D eigenvalue weighted by atomic mass is 16.5. The second-order valence-corrected chi connectivity index (χ2v) is 6.18. The van der Waals surface area contributed by atoms with Gasteiger partial charge >= 0.3 is 0 Å². The molecule has 1 fully saturated rings. The van der Waals surface area contributed by atoms with E-state index in [0.29, 0.717) is 32.0 Å². The van der Waals surface area contributed by atoms with Gasteiger partial charge in [-0.2, -0.15) is 5.10 Å². The third-order valence-electron chi connectivity index (χ3n) is 4.35. The van der Waals surface area contributed by atoms with E-state index in [4.69, 9.17) is 9.84 Å². The Morgan fingerprint density at radius 3 is 3.00 bits per heavy atom. The molecule has 130 valence electrons. The Labute approximate surface area is 141 Å². The fourth-order valence-electron chi connectivity index (χ4n) is 3.10. The first kappa shape index (κ1) is 16.8. The molecule has 0 unspecified atom stereocenters. The van der Waals surface area contributed by atoms with Crippen molar-refractivity contribution in [2.45, 2.75) is 25.3 Å². The van der Waals surface area contributed by atoms with Gasteiger partial charge in [0.15, 0.2) is 5.65 Å². The normalized spacial score (nSPS) is 18.3. The monoisotopic (exact) mass is 332 g/mol. The second-order valence-electron chi connectivity index (χ2n) is 6.18. The van der Waals surface area contributed by atoms with Crippen LogP contribution < -0.4 is 5.32 Å². The van der Waals surface area contributed by atoms with Crippen LogP contribution in [0.5, 0.6) is 0 Å². The van der Waals surface area contributed by atoms with Crippen LogP contribution >= 0.6 is 0 Å². The van der Waals surface area contributed by atoms with E-state index in [0.717, 1.165) is 36.4 Å². The number of carbonyl (C=O) groups is 1. The summed E-state index contributed by atoms with van der Waals surface area (Å²) in [6.07, 6.45) is 4.86. The average molecular weight is 332 g/mol. The SMILES string of the molecule is COCCC(=O)NCCn1nc([C@@H]2CCN(C)C2)c2nccnc21. The minimum absolute atomic E-state index is 0.0166. The molecule has 1 amide bonds. The van der Waals surface area contributed by atoms with Crippen molar-refractivity contribution < 1.29 is 9.53 Å². The Morgan fingerprint density at radius 2 is 2.25 bits per heavy atom. The van der Waals surface area contributed by atoms with E-state index >= 15 is 0 Å². The molecule has 3 rings (SSSR count). The minimum Gasteiger partial charge on any atom is -0.384 e. The highest BCUT2D eigenvalue weighted by Crippen LogP contribution is 2.29. The van der Waals surface area contributed by atoms with Gasteiger partial charge in [-0.25, -0.2) is 14.6 Å². The number of rotatable bonds is 7. The molecule has 24 heavy (non-hydrogen) atoms. The molecule has 1 aliphatic heterocycles. The van der Waals surface area contributed by atoms with Crippen molar-refractivity contribution in [3.63, 3.8) is 0 Å². The molecule has 0 saturated carbocycles. The predicted octanol–water partition coefficient (Wildman–Crippen LogP) is 0.398. The van der Waals surface area contributed by atoms with Crippen LogP contribution in [0.3, 0.4) is 0 Å². The van der Waals surface area contributed by atoms with Crippen molar-refractivity contribution in [2.24, 2.45) is 0 Å². The Kier molecular flexibility index (Phi) is 5.37. The van der Waals surface area contributed by atoms with Crippen LogP contribution in [0.2, 0.25) is 0 Å². The second kappa shape index (κ2) is 7.67. The fraction of sp³-hybridized carbons (Fsp3) is 0.625. The number of methoxy groups -OCH3 is 1. The quantitative estimate of drug-likeness (QED) is 0.790. The third kappa shape index (κ3) is 3.70. The largest absolute Gasteiger partial charge is 0.384 e. The first-order valence-corrected chi connectivity index (χ1v) is 8.30. The fourth-order valence-corrected chi connectivity index (χ4v) is 3.10. The minimum atomic E-state index is -0.0166. The van der Waals surface area contributed by atoms with Gasteiger partial charge in [-0.05, 0) is 20.0 Å². The maximum atomic E-state index is 11.7. The molecule has 0 radical (unpaired) electrons. The number of likely N-dealkylation sites (N-methyl/N-ethyl adjacent to an activating group) is 1. The summed E-state index contributed by atoms with van der Waals surface area (Å²) in [6.45, 7) is 3.60. The van der Waals surface area contributed by atoms with Crippen LogP contribution in [0.4, 0.5) is 0 Å². The Balaban J connectivity index is 1.70. The van der Waals surface area contributed by atoms with Gasteiger partial charge < -0.3 is 15.0 Å². The first-order valence-electron chi connectivity index (χ1n) is 8.30. The first-order chi connectivity index (χ1) is 11.7. The van der Waals surface area contributed by atoms with E-state index in [1.165, 1.54) is 0 Å². The lowest BCUT2D eigenvalue weighted by molar-refractivity contribution is -0.121. The zero-order valence-corrected chi connectivity index (χ0v) is 14.2. The summed E-state index contributed by atoms with van der Waals surface area (Å²) >= 11 is 0. The number of nitrogens with one attached hydrogen (secondary N) is 1. The molecule has 2 aromatic heterocycles. The molecule has 0 bridgehead atoms. The highest BCUT2D eigenvalue weighted by Gasteiger charge is 2.27. The molecule has 1 N–H and O–H groups in total. The van der Waals surface area contributed by atoms with Crippen molar-refractivity contribution in [3.05, 3.63) is 18.1 Å². The van der Waals surface area contributed by atoms with E-state index in [2.05, 4.69) is 27.2 Å². The van der Waals surface area contributed by atoms with Gasteiger partial charge in [0.1, 0.15) is 5.52 Å². The van der Waals surface area contributed by atoms with Gasteiger partial charge in [-0.1, -0.05) is 0 Å². The molecular formula is C16H24N6O2. The summed E-state index contributed by atoms with van der Waals surface area (Å²) < 4.78 is 6.76. The Hall–Kier alpha value is -2.06. The van der Waals surface area contributed by atoms with Gasteiger partial charge in [0.05, 0.1) is 18.8 Å². The lowest BCUT2D eigenvalue weighted by atomic mass is 10.0. The summed E-state index contributed by atoms with van der Waals surface area (Å²) in [5.41, 5.74) is 2.69. The molecule has 0 aromatic carbocycles. The van der Waals surface area contributed by atoms with Crippen LogP contribution in [0.15, 0.2) is 12.4 Å². The molecule has 8 nitrogen and oxygen atoms in total. The number of aromatic nitrogens is 4. The maximum absolute atomic E-state index is 11.7. The molecule has 1 saturated heterocycles. The van der Waals surface area contributed by atoms with E-state index in [1.807, 2.05) is 4.68 Å². The van der Waals surface area contributed by atoms with Crippen LogP contribution in [0.25, 0.3) is 11.2 Å². The zero-order chi connectivity index (χ0) is 16.9. The Morgan fingerprint density at radius 1 is 1.42 bits per heavy atom. The summed E-state index contributed by atoms with van der Waals surface area (Å²) in [7, 11) is 3.71. The van der Waals surface area contributed by atoms with Gasteiger partial charge in [-0.3, -0.25) is 4.79 Å². The topological polar surface area (TPSA) is 85.2 Å². The molecule has 3 heterocycles. The van der Waals surface area contributed by atoms with Crippen LogP contribution in [-0.4, -0.2) is 71.0 Å². The molecule has 8 heteroatoms. The summed E-state index contributed by atoms with van der Waals surface area (Å²) in [6, 6.07) is 0. The number of carbonyl (C=O) groups excluding carboxylic acids is 1. The number of amides is 1. The van der Waals surface area contributed by atoms with E-state index in [1.54, 1.807) is 19.5 Å². The van der Waals surface area contributed by atoms with Crippen LogP contribution in [-0.2, 0) is 16.1 Å². The summed E-state index contributed by atoms with van der Waals surface area (Å²) in [4.78, 5) is 22.9. The van der Waals surface area contributed by atoms with E-state index < -0.39 is 0 Å². The van der Waals surface area contributed by atoms with E-state index in [9.17, 15) is 4.79 Å². The van der Waals surface area contributed by atoms with E-state index in [-0.39, 0.29) is 5.91 Å². The molecular weight excluding hydrogens is 308 g/mol. The van der Waals surface area contributed by atoms with Crippen LogP contribution in [0, 0.1) is 0 Å². The van der Waals surface area contributed by atoms with Gasteiger partial charge in [-0.15, -0.1) is 0 Å². The lowest BCUT2D eigenvalue weighted by Crippen LogP contribution is -2.28. The summed E-state index contributed by atoms with van der Waals surface area (Å²) in [5.74, 6) is 0.379. The molecule has 1 atom stereocenters. The molecule has 1 aliphatic rings. The van der Waals surface area contributed by atoms with Crippen LogP contribution in [0.1, 0.15) is 24.5 Å². The molecule has 0 aliphatic carbocycles. The van der Waals surface area contributed by atoms with Gasteiger partial charge in [0.2, 0.25) is 5.91 Å². The highest BCUT2D eigenvalue weighted by molar-refractivity contribution is 5.76. The number of hydrogen-bond donors (Lipinski definition) is 1.